The molecule has 0 saturated carbocycles. The molecule has 0 bridgehead atoms. The van der Waals surface area contributed by atoms with Gasteiger partial charge < -0.3 is 20.4 Å². The molecule has 1 aromatic carbocycles. The smallest absolute Gasteiger partial charge is 0.251 e. The molecule has 0 aliphatic carbocycles. The van der Waals surface area contributed by atoms with Gasteiger partial charge in [0.15, 0.2) is 5.96 Å². The summed E-state index contributed by atoms with van der Waals surface area (Å²) >= 11 is 1.48. The van der Waals surface area contributed by atoms with E-state index in [1.165, 1.54) is 11.5 Å². The fraction of sp³-hybridized carbons (Fsp3) is 0.500. The van der Waals surface area contributed by atoms with Crippen LogP contribution in [0.4, 0.5) is 5.13 Å². The second kappa shape index (κ2) is 12.0. The van der Waals surface area contributed by atoms with E-state index in [1.807, 2.05) is 31.3 Å². The highest BCUT2D eigenvalue weighted by atomic mass is 127. The van der Waals surface area contributed by atoms with E-state index in [4.69, 9.17) is 0 Å². The zero-order chi connectivity index (χ0) is 20.6. The molecule has 164 valence electrons. The number of rotatable bonds is 6. The van der Waals surface area contributed by atoms with E-state index >= 15 is 0 Å². The van der Waals surface area contributed by atoms with Crippen molar-refractivity contribution in [3.8, 4) is 0 Å². The van der Waals surface area contributed by atoms with Crippen molar-refractivity contribution in [3.05, 3.63) is 41.2 Å². The van der Waals surface area contributed by atoms with Gasteiger partial charge in [0, 0.05) is 70.3 Å². The van der Waals surface area contributed by atoms with Crippen molar-refractivity contribution < 1.29 is 4.79 Å². The Bertz CT molecular complexity index is 849. The summed E-state index contributed by atoms with van der Waals surface area (Å²) in [5.41, 5.74) is 1.82. The molecule has 1 aliphatic rings. The van der Waals surface area contributed by atoms with E-state index in [9.17, 15) is 4.79 Å². The highest BCUT2D eigenvalue weighted by Gasteiger charge is 2.21. The minimum absolute atomic E-state index is 0. The van der Waals surface area contributed by atoms with Crippen molar-refractivity contribution in [3.63, 3.8) is 0 Å². The number of aliphatic imine (C=N–C) groups is 1. The van der Waals surface area contributed by atoms with Crippen LogP contribution >= 0.6 is 35.5 Å². The highest BCUT2D eigenvalue weighted by Crippen LogP contribution is 2.19. The maximum Gasteiger partial charge on any atom is 0.251 e. The van der Waals surface area contributed by atoms with Crippen LogP contribution in [0.2, 0.25) is 0 Å². The molecule has 0 radical (unpaired) electrons. The molecule has 2 N–H and O–H groups in total. The number of carbonyl (C=O) groups is 1. The number of nitrogens with zero attached hydrogens (tertiary/aromatic N) is 5. The van der Waals surface area contributed by atoms with Gasteiger partial charge in [-0.3, -0.25) is 9.79 Å². The first-order chi connectivity index (χ1) is 14.1. The predicted molar refractivity (Wildman–Crippen MR) is 133 cm³/mol. The first-order valence-corrected chi connectivity index (χ1v) is 10.8. The molecular formula is C20H30IN7OS. The summed E-state index contributed by atoms with van der Waals surface area (Å²) in [7, 11) is 3.47. The number of nitrogens with one attached hydrogen (secondary N) is 2. The summed E-state index contributed by atoms with van der Waals surface area (Å²) < 4.78 is 4.39. The predicted octanol–water partition coefficient (Wildman–Crippen LogP) is 2.02. The van der Waals surface area contributed by atoms with Crippen molar-refractivity contribution in [1.29, 1.82) is 0 Å². The molecule has 1 aromatic heterocycles. The Hall–Kier alpha value is -1.95. The minimum atomic E-state index is -0.0602. The largest absolute Gasteiger partial charge is 0.356 e. The number of amides is 1. The van der Waals surface area contributed by atoms with Gasteiger partial charge in [-0.15, -0.1) is 24.0 Å². The van der Waals surface area contributed by atoms with Gasteiger partial charge >= 0.3 is 0 Å². The molecule has 1 fully saturated rings. The number of hydrogen-bond donors (Lipinski definition) is 2. The Labute approximate surface area is 199 Å². The van der Waals surface area contributed by atoms with Gasteiger partial charge in [-0.25, -0.2) is 4.98 Å². The minimum Gasteiger partial charge on any atom is -0.356 e. The zero-order valence-electron chi connectivity index (χ0n) is 17.7. The average Bonchev–Trinajstić information content (AvgIpc) is 3.26. The van der Waals surface area contributed by atoms with Crippen LogP contribution in [0.5, 0.6) is 0 Å². The highest BCUT2D eigenvalue weighted by molar-refractivity contribution is 14.0. The second-order valence-corrected chi connectivity index (χ2v) is 7.55. The molecular weight excluding hydrogens is 513 g/mol. The number of aryl methyl sites for hydroxylation is 1. The number of piperazine rings is 1. The summed E-state index contributed by atoms with van der Waals surface area (Å²) in [5.74, 6) is 1.78. The van der Waals surface area contributed by atoms with E-state index in [2.05, 4.69) is 41.7 Å². The Balaban J connectivity index is 0.00000320. The number of halogens is 1. The van der Waals surface area contributed by atoms with E-state index in [0.29, 0.717) is 5.56 Å². The van der Waals surface area contributed by atoms with Crippen LogP contribution in [-0.2, 0) is 12.8 Å². The van der Waals surface area contributed by atoms with Crippen molar-refractivity contribution >= 4 is 52.5 Å². The van der Waals surface area contributed by atoms with Crippen LogP contribution in [0.25, 0.3) is 0 Å². The maximum absolute atomic E-state index is 11.8. The maximum atomic E-state index is 11.8. The topological polar surface area (TPSA) is 85.8 Å². The van der Waals surface area contributed by atoms with Gasteiger partial charge in [0.1, 0.15) is 5.82 Å². The van der Waals surface area contributed by atoms with Crippen LogP contribution in [0.1, 0.15) is 28.7 Å². The number of aromatic nitrogens is 2. The molecule has 1 amide bonds. The molecule has 0 atom stereocenters. The summed E-state index contributed by atoms with van der Waals surface area (Å²) in [5, 5.41) is 7.13. The fourth-order valence-corrected chi connectivity index (χ4v) is 4.09. The lowest BCUT2D eigenvalue weighted by molar-refractivity contribution is 0.0963. The monoisotopic (exact) mass is 543 g/mol. The van der Waals surface area contributed by atoms with Crippen molar-refractivity contribution in [2.75, 3.05) is 51.7 Å². The van der Waals surface area contributed by atoms with Crippen molar-refractivity contribution in [2.24, 2.45) is 4.99 Å². The summed E-state index contributed by atoms with van der Waals surface area (Å²) in [6, 6.07) is 7.73. The number of guanidine groups is 1. The standard InChI is InChI=1S/C20H29N7OS.HI/c1-4-17-24-20(29-25-17)27-12-10-26(11-13-27)19(22-3)23-9-8-15-6-5-7-16(14-15)18(28)21-2;/h5-7,14H,4,8-13H2,1-3H3,(H,21,28)(H,22,23);1H. The molecule has 2 heterocycles. The van der Waals surface area contributed by atoms with Crippen LogP contribution in [0, 0.1) is 0 Å². The SMILES string of the molecule is CCc1nsc(N2CCN(C(=NC)NCCc3cccc(C(=O)NC)c3)CC2)n1.I. The summed E-state index contributed by atoms with van der Waals surface area (Å²) in [6.07, 6.45) is 1.70. The molecule has 1 aliphatic heterocycles. The Morgan fingerprint density at radius 3 is 2.67 bits per heavy atom. The lowest BCUT2D eigenvalue weighted by atomic mass is 10.1. The Morgan fingerprint density at radius 2 is 2.03 bits per heavy atom. The van der Waals surface area contributed by atoms with Gasteiger partial charge in [-0.2, -0.15) is 4.37 Å². The Kier molecular flexibility index (Phi) is 9.76. The molecule has 8 nitrogen and oxygen atoms in total. The summed E-state index contributed by atoms with van der Waals surface area (Å²) in [4.78, 5) is 25.4. The van der Waals surface area contributed by atoms with E-state index < -0.39 is 0 Å². The molecule has 30 heavy (non-hydrogen) atoms. The van der Waals surface area contributed by atoms with Crippen LogP contribution in [-0.4, -0.2) is 72.9 Å². The third kappa shape index (κ3) is 6.27. The Morgan fingerprint density at radius 1 is 1.27 bits per heavy atom. The number of carbonyl (C=O) groups excluding carboxylic acids is 1. The van der Waals surface area contributed by atoms with Gasteiger partial charge in [0.05, 0.1) is 0 Å². The van der Waals surface area contributed by atoms with Crippen molar-refractivity contribution in [2.45, 2.75) is 19.8 Å². The molecule has 2 aromatic rings. The quantitative estimate of drug-likeness (QED) is 0.330. The second-order valence-electron chi connectivity index (χ2n) is 6.82. The van der Waals surface area contributed by atoms with Gasteiger partial charge in [0.2, 0.25) is 5.13 Å². The lowest BCUT2D eigenvalue weighted by Gasteiger charge is -2.36. The summed E-state index contributed by atoms with van der Waals surface area (Å²) in [6.45, 7) is 6.45. The molecule has 1 saturated heterocycles. The van der Waals surface area contributed by atoms with Crippen LogP contribution in [0.3, 0.4) is 0 Å². The molecule has 0 spiro atoms. The third-order valence-electron chi connectivity index (χ3n) is 4.95. The van der Waals surface area contributed by atoms with Gasteiger partial charge in [-0.1, -0.05) is 19.1 Å². The molecule has 10 heteroatoms. The van der Waals surface area contributed by atoms with Crippen LogP contribution < -0.4 is 15.5 Å². The first kappa shape index (κ1) is 24.3. The first-order valence-electron chi connectivity index (χ1n) is 9.98. The number of benzene rings is 1. The fourth-order valence-electron chi connectivity index (χ4n) is 3.29. The van der Waals surface area contributed by atoms with E-state index in [0.717, 1.165) is 68.0 Å². The lowest BCUT2D eigenvalue weighted by Crippen LogP contribution is -2.52. The van der Waals surface area contributed by atoms with Crippen molar-refractivity contribution in [1.82, 2.24) is 24.9 Å². The average molecular weight is 543 g/mol. The van der Waals surface area contributed by atoms with Crippen LogP contribution in [0.15, 0.2) is 29.3 Å². The zero-order valence-corrected chi connectivity index (χ0v) is 20.9. The van der Waals surface area contributed by atoms with Gasteiger partial charge in [-0.05, 0) is 24.1 Å². The normalized spacial score (nSPS) is 14.3. The number of anilines is 1. The number of hydrogen-bond acceptors (Lipinski definition) is 6. The van der Waals surface area contributed by atoms with E-state index in [-0.39, 0.29) is 29.9 Å². The molecule has 0 unspecified atom stereocenters. The van der Waals surface area contributed by atoms with Gasteiger partial charge in [0.25, 0.3) is 5.91 Å². The third-order valence-corrected chi connectivity index (χ3v) is 5.76. The van der Waals surface area contributed by atoms with E-state index in [1.54, 1.807) is 7.05 Å². The molecule has 3 rings (SSSR count).